The number of carbonyl (C=O) groups is 11. The molecule has 24 heteroatoms. The lowest BCUT2D eigenvalue weighted by Gasteiger charge is -2.41. The number of rotatable bonds is 19. The Morgan fingerprint density at radius 2 is 0.978 bits per heavy atom. The molecule has 89 heavy (non-hydrogen) atoms. The first-order valence-electron chi connectivity index (χ1n) is 32.4. The van der Waals surface area contributed by atoms with Crippen LogP contribution in [0.15, 0.2) is 12.2 Å². The molecule has 0 saturated carbocycles. The Labute approximate surface area is 533 Å². The van der Waals surface area contributed by atoms with E-state index in [4.69, 9.17) is 0 Å². The maximum atomic E-state index is 15.2. The maximum absolute atomic E-state index is 15.2. The molecule has 510 valence electrons. The van der Waals surface area contributed by atoms with Gasteiger partial charge in [-0.1, -0.05) is 109 Å². The Balaban J connectivity index is 4.38. The summed E-state index contributed by atoms with van der Waals surface area (Å²) in [6.45, 7) is 31.5. The molecule has 0 aliphatic carbocycles. The molecule has 0 bridgehead atoms. The summed E-state index contributed by atoms with van der Waals surface area (Å²) in [5.41, 5.74) is 0. The van der Waals surface area contributed by atoms with Crippen molar-refractivity contribution in [3.63, 3.8) is 0 Å². The highest BCUT2D eigenvalue weighted by Crippen LogP contribution is 2.25. The lowest BCUT2D eigenvalue weighted by atomic mass is 9.91. The molecule has 0 radical (unpaired) electrons. The fourth-order valence-corrected chi connectivity index (χ4v) is 11.2. The van der Waals surface area contributed by atoms with Gasteiger partial charge in [-0.3, -0.25) is 52.7 Å². The minimum atomic E-state index is -1.61. The molecule has 12 atom stereocenters. The van der Waals surface area contributed by atoms with E-state index in [1.54, 1.807) is 54.5 Å². The zero-order valence-electron chi connectivity index (χ0n) is 58.8. The fraction of sp³-hybridized carbons (Fsp3) is 0.800. The molecular weight excluding hydrogens is 1140 g/mol. The van der Waals surface area contributed by atoms with Crippen LogP contribution in [0.1, 0.15) is 163 Å². The van der Waals surface area contributed by atoms with Crippen LogP contribution < -0.4 is 21.3 Å². The number of nitrogens with zero attached hydrogens (tertiary/aromatic N) is 8. The van der Waals surface area contributed by atoms with E-state index in [2.05, 4.69) is 26.2 Å². The van der Waals surface area contributed by atoms with Gasteiger partial charge in [-0.25, -0.2) is 0 Å². The molecule has 1 rings (SSSR count). The topological polar surface area (TPSA) is 282 Å². The molecule has 0 aromatic carbocycles. The van der Waals surface area contributed by atoms with Gasteiger partial charge in [-0.15, -0.1) is 0 Å². The Morgan fingerprint density at radius 3 is 1.45 bits per heavy atom. The van der Waals surface area contributed by atoms with Gasteiger partial charge in [0.25, 0.3) is 0 Å². The first kappa shape index (κ1) is 80.8. The molecular formula is C65H118N12O12. The highest BCUT2D eigenvalue weighted by Gasteiger charge is 2.45. The monoisotopic (exact) mass is 1260 g/mol. The van der Waals surface area contributed by atoms with Crippen molar-refractivity contribution in [2.24, 2.45) is 35.5 Å². The van der Waals surface area contributed by atoms with Gasteiger partial charge in [0, 0.05) is 55.9 Å². The van der Waals surface area contributed by atoms with Crippen molar-refractivity contribution in [3.05, 3.63) is 12.2 Å². The van der Waals surface area contributed by atoms with Crippen LogP contribution in [0.3, 0.4) is 0 Å². The van der Waals surface area contributed by atoms with Crippen molar-refractivity contribution in [3.8, 4) is 0 Å². The first-order chi connectivity index (χ1) is 41.3. The van der Waals surface area contributed by atoms with E-state index < -0.39 is 156 Å². The summed E-state index contributed by atoms with van der Waals surface area (Å²) < 4.78 is 0. The van der Waals surface area contributed by atoms with Crippen molar-refractivity contribution in [1.29, 1.82) is 0 Å². The number of aliphatic hydroxyl groups is 1. The van der Waals surface area contributed by atoms with E-state index in [1.807, 2.05) is 61.5 Å². The van der Waals surface area contributed by atoms with E-state index in [9.17, 15) is 43.5 Å². The Bertz CT molecular complexity index is 2400. The molecule has 1 aliphatic heterocycles. The van der Waals surface area contributed by atoms with Crippen molar-refractivity contribution in [1.82, 2.24) is 60.5 Å². The molecule has 1 heterocycles. The Kier molecular flexibility index (Phi) is 34.4. The van der Waals surface area contributed by atoms with Crippen LogP contribution in [0, 0.1) is 35.5 Å². The van der Waals surface area contributed by atoms with E-state index in [1.165, 1.54) is 87.7 Å². The van der Waals surface area contributed by atoms with Gasteiger partial charge in [-0.05, 0) is 114 Å². The van der Waals surface area contributed by atoms with Crippen molar-refractivity contribution < 1.29 is 57.8 Å². The number of carbonyl (C=O) groups excluding carboxylic acids is 11. The lowest BCUT2D eigenvalue weighted by molar-refractivity contribution is -0.157. The number of likely N-dealkylation sites (N-methyl/N-ethyl adjacent to an activating group) is 7. The number of amides is 11. The predicted octanol–water partition coefficient (Wildman–Crippen LogP) is 3.34. The SMILES string of the molecule is C/C=C/C[C@@H](C)[C@@H](O)[C@H]1C(=O)N[C@@H](CC)C(=O)N(C)CC(=O)N(C)[C@@H](CCN(CC)CC)C(=O)N[C@H](C(C)C)C(=O)N(C)[C@H](CCC(C)C)C(=O)N[C@H](C)C(=O)N[C@@H](C)C(=O)N(C)[C@@H](CC(C)C)C(=O)N(C)[C@@H](CC(C)C)C(=O)N(C)[C@@H](C(C)C)C(=O)N1C. The van der Waals surface area contributed by atoms with Gasteiger partial charge in [0.1, 0.15) is 60.4 Å². The second kappa shape index (κ2) is 37.9. The predicted molar refractivity (Wildman–Crippen MR) is 346 cm³/mol. The summed E-state index contributed by atoms with van der Waals surface area (Å²) in [7, 11) is 9.98. The molecule has 1 fully saturated rings. The lowest BCUT2D eigenvalue weighted by Crippen LogP contribution is -2.63. The third kappa shape index (κ3) is 23.2. The molecule has 11 amide bonds. The molecule has 0 spiro atoms. The van der Waals surface area contributed by atoms with Gasteiger partial charge >= 0.3 is 0 Å². The Hall–Kier alpha value is -6.17. The fourth-order valence-electron chi connectivity index (χ4n) is 11.2. The van der Waals surface area contributed by atoms with Crippen LogP contribution in [-0.4, -0.2) is 251 Å². The minimum absolute atomic E-state index is 0.0197. The second-order valence-electron chi connectivity index (χ2n) is 26.6. The average molecular weight is 1260 g/mol. The molecule has 0 aromatic heterocycles. The van der Waals surface area contributed by atoms with Gasteiger partial charge in [-0.2, -0.15) is 0 Å². The Morgan fingerprint density at radius 1 is 0.506 bits per heavy atom. The summed E-state index contributed by atoms with van der Waals surface area (Å²) in [6, 6.07) is -12.4. The van der Waals surface area contributed by atoms with Crippen LogP contribution in [0.2, 0.25) is 0 Å². The van der Waals surface area contributed by atoms with E-state index in [0.717, 1.165) is 9.80 Å². The van der Waals surface area contributed by atoms with Gasteiger partial charge in [0.15, 0.2) is 0 Å². The molecule has 1 aliphatic rings. The second-order valence-corrected chi connectivity index (χ2v) is 26.6. The maximum Gasteiger partial charge on any atom is 0.246 e. The molecule has 5 N–H and O–H groups in total. The van der Waals surface area contributed by atoms with Crippen LogP contribution >= 0.6 is 0 Å². The van der Waals surface area contributed by atoms with Crippen LogP contribution in [-0.2, 0) is 52.7 Å². The number of hydrogen-bond donors (Lipinski definition) is 5. The zero-order chi connectivity index (χ0) is 68.8. The first-order valence-corrected chi connectivity index (χ1v) is 32.4. The summed E-state index contributed by atoms with van der Waals surface area (Å²) in [6.07, 6.45) is 3.53. The average Bonchev–Trinajstić information content (AvgIpc) is 3.62. The van der Waals surface area contributed by atoms with Crippen LogP contribution in [0.4, 0.5) is 0 Å². The van der Waals surface area contributed by atoms with Crippen molar-refractivity contribution >= 4 is 65.0 Å². The normalized spacial score (nSPS) is 26.2. The van der Waals surface area contributed by atoms with Crippen LogP contribution in [0.25, 0.3) is 0 Å². The number of allylic oxidation sites excluding steroid dienone is 2. The number of hydrogen-bond acceptors (Lipinski definition) is 13. The molecule has 24 nitrogen and oxygen atoms in total. The third-order valence-electron chi connectivity index (χ3n) is 17.3. The van der Waals surface area contributed by atoms with Gasteiger partial charge < -0.3 is 65.6 Å². The minimum Gasteiger partial charge on any atom is -0.390 e. The van der Waals surface area contributed by atoms with E-state index >= 15 is 14.4 Å². The highest BCUT2D eigenvalue weighted by molar-refractivity contribution is 5.99. The molecule has 0 unspecified atom stereocenters. The third-order valence-corrected chi connectivity index (χ3v) is 17.3. The number of aliphatic hydroxyl groups excluding tert-OH is 1. The standard InChI is InChI=1S/C65H118N12O12/c1-25-29-30-43(15)55(79)54-59(83)68-46(26-2)61(85)70(18)37-51(78)71(19)48(33-34-77(27-3)28-4)58(82)69-52(41(11)12)64(88)72(20)47(32-31-38(5)6)57(81)66-44(16)56(80)67-45(17)60(84)73(21)49(35-39(7)8)62(86)74(22)50(36-40(9)10)63(87)75(23)53(42(13)14)65(89)76(54)24/h25,29,38-50,52-55,79H,26-28,30-37H2,1-24H3,(H,66,81)(H,67,80)(H,68,83)(H,69,82)/b29-25+/t43-,44-,45+,46+,47-,48+,49+,50+,52-,53+,54+,55-/m1/s1. The zero-order valence-corrected chi connectivity index (χ0v) is 58.8. The molecule has 1 saturated heterocycles. The van der Waals surface area contributed by atoms with Gasteiger partial charge in [0.2, 0.25) is 65.0 Å². The van der Waals surface area contributed by atoms with E-state index in [0.29, 0.717) is 32.5 Å². The van der Waals surface area contributed by atoms with Crippen molar-refractivity contribution in [2.45, 2.75) is 229 Å². The largest absolute Gasteiger partial charge is 0.390 e. The summed E-state index contributed by atoms with van der Waals surface area (Å²) in [5.74, 6) is -9.34. The highest BCUT2D eigenvalue weighted by atomic mass is 16.3. The quantitative estimate of drug-likeness (QED) is 0.116. The van der Waals surface area contributed by atoms with E-state index in [-0.39, 0.29) is 49.9 Å². The summed E-state index contributed by atoms with van der Waals surface area (Å²) in [5, 5.41) is 23.2. The summed E-state index contributed by atoms with van der Waals surface area (Å²) >= 11 is 0. The van der Waals surface area contributed by atoms with Gasteiger partial charge in [0.05, 0.1) is 12.6 Å². The van der Waals surface area contributed by atoms with Crippen molar-refractivity contribution in [2.75, 3.05) is 75.5 Å². The molecule has 0 aromatic rings. The van der Waals surface area contributed by atoms with Crippen LogP contribution in [0.5, 0.6) is 0 Å². The summed E-state index contributed by atoms with van der Waals surface area (Å²) in [4.78, 5) is 172. The number of nitrogens with one attached hydrogen (secondary N) is 4. The smallest absolute Gasteiger partial charge is 0.246 e.